The molecule has 1 aromatic carbocycles. The molecule has 0 saturated carbocycles. The Labute approximate surface area is 194 Å². The van der Waals surface area contributed by atoms with Crippen LogP contribution in [0.15, 0.2) is 42.2 Å². The van der Waals surface area contributed by atoms with Gasteiger partial charge in [-0.3, -0.25) is 19.7 Å². The van der Waals surface area contributed by atoms with E-state index in [2.05, 4.69) is 25.2 Å². The van der Waals surface area contributed by atoms with Crippen LogP contribution in [0.3, 0.4) is 0 Å². The van der Waals surface area contributed by atoms with Gasteiger partial charge in [0.1, 0.15) is 10.7 Å². The number of nitrogens with one attached hydrogen (secondary N) is 1. The molecular formula is C21H21Cl2N5O2S. The van der Waals surface area contributed by atoms with E-state index in [0.717, 1.165) is 30.2 Å². The van der Waals surface area contributed by atoms with Crippen LogP contribution in [0.4, 0.5) is 0 Å². The van der Waals surface area contributed by atoms with Gasteiger partial charge in [0.2, 0.25) is 5.91 Å². The van der Waals surface area contributed by atoms with Crippen LogP contribution in [-0.4, -0.2) is 58.1 Å². The molecule has 4 rings (SSSR count). The summed E-state index contributed by atoms with van der Waals surface area (Å²) in [6, 6.07) is 5.68. The Kier molecular flexibility index (Phi) is 7.47. The van der Waals surface area contributed by atoms with E-state index in [1.165, 1.54) is 11.3 Å². The maximum atomic E-state index is 12.4. The van der Waals surface area contributed by atoms with E-state index in [1.807, 2.05) is 23.6 Å². The highest BCUT2D eigenvalue weighted by Crippen LogP contribution is 2.24. The first-order valence-corrected chi connectivity index (χ1v) is 11.5. The fourth-order valence-corrected chi connectivity index (χ4v) is 4.41. The van der Waals surface area contributed by atoms with Gasteiger partial charge >= 0.3 is 0 Å². The van der Waals surface area contributed by atoms with Crippen molar-refractivity contribution in [3.05, 3.63) is 63.5 Å². The number of benzene rings is 1. The van der Waals surface area contributed by atoms with Gasteiger partial charge < -0.3 is 10.1 Å². The largest absolute Gasteiger partial charge is 0.374 e. The zero-order chi connectivity index (χ0) is 21.6. The number of hydrogen-bond acceptors (Lipinski definition) is 7. The van der Waals surface area contributed by atoms with E-state index >= 15 is 0 Å². The quantitative estimate of drug-likeness (QED) is 0.560. The third kappa shape index (κ3) is 6.21. The van der Waals surface area contributed by atoms with E-state index in [9.17, 15) is 4.79 Å². The topological polar surface area (TPSA) is 80.2 Å². The second-order valence-electron chi connectivity index (χ2n) is 7.19. The van der Waals surface area contributed by atoms with Crippen LogP contribution in [-0.2, 0) is 22.5 Å². The lowest BCUT2D eigenvalue weighted by Gasteiger charge is -2.33. The van der Waals surface area contributed by atoms with Gasteiger partial charge in [-0.25, -0.2) is 4.98 Å². The molecular weight excluding hydrogens is 457 g/mol. The van der Waals surface area contributed by atoms with E-state index in [-0.39, 0.29) is 18.4 Å². The zero-order valence-electron chi connectivity index (χ0n) is 16.6. The molecule has 3 aromatic rings. The molecule has 1 aliphatic rings. The van der Waals surface area contributed by atoms with Crippen molar-refractivity contribution in [2.24, 2.45) is 0 Å². The Balaban J connectivity index is 1.24. The van der Waals surface area contributed by atoms with Gasteiger partial charge in [-0.2, -0.15) is 0 Å². The maximum absolute atomic E-state index is 12.4. The van der Waals surface area contributed by atoms with Crippen molar-refractivity contribution >= 4 is 40.4 Å². The first-order chi connectivity index (χ1) is 15.1. The summed E-state index contributed by atoms with van der Waals surface area (Å²) in [6.45, 7) is 3.39. The third-order valence-electron chi connectivity index (χ3n) is 4.82. The lowest BCUT2D eigenvalue weighted by Crippen LogP contribution is -2.47. The molecule has 1 unspecified atom stereocenters. The average Bonchev–Trinajstić information content (AvgIpc) is 3.24. The molecule has 1 aliphatic heterocycles. The van der Waals surface area contributed by atoms with Crippen LogP contribution in [0, 0.1) is 0 Å². The van der Waals surface area contributed by atoms with Crippen molar-refractivity contribution in [3.63, 3.8) is 0 Å². The molecule has 1 fully saturated rings. The summed E-state index contributed by atoms with van der Waals surface area (Å²) >= 11 is 13.6. The molecule has 31 heavy (non-hydrogen) atoms. The first kappa shape index (κ1) is 22.1. The lowest BCUT2D eigenvalue weighted by atomic mass is 10.2. The number of rotatable bonds is 7. The summed E-state index contributed by atoms with van der Waals surface area (Å²) in [5.74, 6) is -0.0822. The van der Waals surface area contributed by atoms with Crippen LogP contribution in [0.2, 0.25) is 10.0 Å². The third-order valence-corrected chi connectivity index (χ3v) is 6.47. The van der Waals surface area contributed by atoms with Gasteiger partial charge in [0.05, 0.1) is 41.1 Å². The van der Waals surface area contributed by atoms with E-state index in [0.29, 0.717) is 34.6 Å². The maximum Gasteiger partial charge on any atom is 0.226 e. The Morgan fingerprint density at radius 3 is 3.00 bits per heavy atom. The molecule has 10 heteroatoms. The average molecular weight is 478 g/mol. The van der Waals surface area contributed by atoms with Crippen molar-refractivity contribution in [2.45, 2.75) is 19.1 Å². The molecule has 1 saturated heterocycles. The minimum Gasteiger partial charge on any atom is -0.374 e. The second kappa shape index (κ2) is 10.5. The molecule has 1 atom stereocenters. The summed E-state index contributed by atoms with van der Waals surface area (Å²) in [4.78, 5) is 27.4. The minimum absolute atomic E-state index is 0.0638. The van der Waals surface area contributed by atoms with E-state index in [4.69, 9.17) is 27.9 Å². The second-order valence-corrected chi connectivity index (χ2v) is 8.86. The number of morpholine rings is 1. The summed E-state index contributed by atoms with van der Waals surface area (Å²) in [7, 11) is 0. The summed E-state index contributed by atoms with van der Waals surface area (Å²) < 4.78 is 5.82. The number of thiazole rings is 1. The molecule has 2 aromatic heterocycles. The van der Waals surface area contributed by atoms with E-state index in [1.54, 1.807) is 18.6 Å². The number of aromatic nitrogens is 3. The fraction of sp³-hybridized carbons (Fsp3) is 0.333. The number of nitrogens with zero attached hydrogens (tertiary/aromatic N) is 4. The van der Waals surface area contributed by atoms with Crippen molar-refractivity contribution in [3.8, 4) is 10.7 Å². The van der Waals surface area contributed by atoms with Crippen molar-refractivity contribution in [2.75, 3.05) is 26.2 Å². The highest BCUT2D eigenvalue weighted by Gasteiger charge is 2.21. The number of amides is 1. The number of halogens is 2. The van der Waals surface area contributed by atoms with Gasteiger partial charge in [0.25, 0.3) is 0 Å². The molecule has 162 valence electrons. The molecule has 0 bridgehead atoms. The standard InChI is InChI=1S/C21H21Cl2N5O2S/c22-17-2-1-14(7-18(17)23)11-28-5-6-30-16(12-28)9-26-20(29)8-15-13-31-21(27-15)19-10-24-3-4-25-19/h1-4,7,10,13,16H,5-6,8-9,11-12H2,(H,26,29). The molecule has 0 spiro atoms. The summed E-state index contributed by atoms with van der Waals surface area (Å²) in [6.07, 6.45) is 5.05. The highest BCUT2D eigenvalue weighted by molar-refractivity contribution is 7.13. The van der Waals surface area contributed by atoms with Crippen molar-refractivity contribution in [1.29, 1.82) is 0 Å². The SMILES string of the molecule is O=C(Cc1csc(-c2cnccn2)n1)NCC1CN(Cc2ccc(Cl)c(Cl)c2)CCO1. The molecule has 0 radical (unpaired) electrons. The Bertz CT molecular complexity index is 1030. The Morgan fingerprint density at radius 2 is 2.19 bits per heavy atom. The summed E-state index contributed by atoms with van der Waals surface area (Å²) in [5, 5.41) is 6.70. The zero-order valence-corrected chi connectivity index (χ0v) is 19.0. The van der Waals surface area contributed by atoms with E-state index < -0.39 is 0 Å². The van der Waals surface area contributed by atoms with Gasteiger partial charge in [0.15, 0.2) is 0 Å². The number of carbonyl (C=O) groups is 1. The van der Waals surface area contributed by atoms with Crippen LogP contribution in [0.1, 0.15) is 11.3 Å². The molecule has 0 aliphatic carbocycles. The normalized spacial score (nSPS) is 16.9. The van der Waals surface area contributed by atoms with Crippen LogP contribution < -0.4 is 5.32 Å². The summed E-state index contributed by atoms with van der Waals surface area (Å²) in [5.41, 5.74) is 2.52. The molecule has 1 amide bonds. The van der Waals surface area contributed by atoms with Gasteiger partial charge in [-0.1, -0.05) is 29.3 Å². The monoisotopic (exact) mass is 477 g/mol. The van der Waals surface area contributed by atoms with Crippen LogP contribution in [0.25, 0.3) is 10.7 Å². The molecule has 1 N–H and O–H groups in total. The smallest absolute Gasteiger partial charge is 0.226 e. The Hall–Kier alpha value is -2.10. The fourth-order valence-electron chi connectivity index (χ4n) is 3.31. The van der Waals surface area contributed by atoms with Crippen molar-refractivity contribution < 1.29 is 9.53 Å². The predicted octanol–water partition coefficient (Wildman–Crippen LogP) is 3.47. The predicted molar refractivity (Wildman–Crippen MR) is 121 cm³/mol. The van der Waals surface area contributed by atoms with Gasteiger partial charge in [-0.15, -0.1) is 11.3 Å². The Morgan fingerprint density at radius 1 is 1.29 bits per heavy atom. The molecule has 7 nitrogen and oxygen atoms in total. The van der Waals surface area contributed by atoms with Crippen molar-refractivity contribution in [1.82, 2.24) is 25.2 Å². The highest BCUT2D eigenvalue weighted by atomic mass is 35.5. The number of hydrogen-bond donors (Lipinski definition) is 1. The van der Waals surface area contributed by atoms with Gasteiger partial charge in [-0.05, 0) is 17.7 Å². The minimum atomic E-state index is -0.0822. The van der Waals surface area contributed by atoms with Crippen LogP contribution >= 0.6 is 34.5 Å². The number of carbonyl (C=O) groups excluding carboxylic acids is 1. The van der Waals surface area contributed by atoms with Gasteiger partial charge in [0, 0.05) is 44.0 Å². The first-order valence-electron chi connectivity index (χ1n) is 9.82. The van der Waals surface area contributed by atoms with Crippen LogP contribution in [0.5, 0.6) is 0 Å². The lowest BCUT2D eigenvalue weighted by molar-refractivity contribution is -0.121. The number of ether oxygens (including phenoxy) is 1. The molecule has 3 heterocycles.